The average molecular weight is 266 g/mol. The quantitative estimate of drug-likeness (QED) is 0.830. The molecule has 1 aliphatic carbocycles. The van der Waals surface area contributed by atoms with E-state index in [1.807, 2.05) is 0 Å². The first-order valence-electron chi connectivity index (χ1n) is 8.17. The zero-order chi connectivity index (χ0) is 13.7. The van der Waals surface area contributed by atoms with Crippen LogP contribution in [0.5, 0.6) is 0 Å². The van der Waals surface area contributed by atoms with Crippen molar-refractivity contribution in [2.45, 2.75) is 64.8 Å². The Morgan fingerprint density at radius 2 is 1.95 bits per heavy atom. The van der Waals surface area contributed by atoms with Gasteiger partial charge in [0.1, 0.15) is 0 Å². The van der Waals surface area contributed by atoms with Crippen molar-refractivity contribution in [1.82, 2.24) is 10.2 Å². The Bertz CT molecular complexity index is 278. The van der Waals surface area contributed by atoms with Gasteiger partial charge in [0.25, 0.3) is 0 Å². The van der Waals surface area contributed by atoms with Gasteiger partial charge in [0.05, 0.1) is 0 Å². The van der Waals surface area contributed by atoms with Crippen molar-refractivity contribution in [3.63, 3.8) is 0 Å². The molecule has 1 atom stereocenters. The van der Waals surface area contributed by atoms with Crippen molar-refractivity contribution >= 4 is 5.91 Å². The first-order chi connectivity index (χ1) is 9.16. The number of hydrogen-bond acceptors (Lipinski definition) is 2. The van der Waals surface area contributed by atoms with Crippen LogP contribution in [0.3, 0.4) is 0 Å². The van der Waals surface area contributed by atoms with Crippen LogP contribution in [0.15, 0.2) is 0 Å². The lowest BCUT2D eigenvalue weighted by atomic mass is 9.95. The molecule has 0 spiro atoms. The number of hydrogen-bond donors (Lipinski definition) is 1. The molecule has 1 unspecified atom stereocenters. The fourth-order valence-electron chi connectivity index (χ4n) is 3.53. The third kappa shape index (κ3) is 4.48. The minimum absolute atomic E-state index is 0.411. The highest BCUT2D eigenvalue weighted by Crippen LogP contribution is 2.26. The SMILES string of the molecule is CC(C)CN(C(=O)CC1CCCNC1)C1CCCC1. The van der Waals surface area contributed by atoms with Gasteiger partial charge in [-0.05, 0) is 50.6 Å². The summed E-state index contributed by atoms with van der Waals surface area (Å²) in [5, 5.41) is 3.42. The average Bonchev–Trinajstić information content (AvgIpc) is 2.90. The Labute approximate surface area is 118 Å². The molecule has 1 aliphatic heterocycles. The molecule has 1 saturated carbocycles. The first kappa shape index (κ1) is 14.8. The lowest BCUT2D eigenvalue weighted by Gasteiger charge is -2.33. The molecule has 3 nitrogen and oxygen atoms in total. The Morgan fingerprint density at radius 1 is 1.21 bits per heavy atom. The van der Waals surface area contributed by atoms with E-state index in [9.17, 15) is 4.79 Å². The fraction of sp³-hybridized carbons (Fsp3) is 0.938. The van der Waals surface area contributed by atoms with Crippen LogP contribution in [0.1, 0.15) is 58.8 Å². The molecular weight excluding hydrogens is 236 g/mol. The smallest absolute Gasteiger partial charge is 0.223 e. The molecule has 2 aliphatic rings. The molecule has 110 valence electrons. The summed E-state index contributed by atoms with van der Waals surface area (Å²) in [6.07, 6.45) is 8.26. The van der Waals surface area contributed by atoms with Gasteiger partial charge in [-0.1, -0.05) is 26.7 Å². The predicted molar refractivity (Wildman–Crippen MR) is 79.0 cm³/mol. The topological polar surface area (TPSA) is 32.3 Å². The van der Waals surface area contributed by atoms with Crippen molar-refractivity contribution in [2.24, 2.45) is 11.8 Å². The first-order valence-corrected chi connectivity index (χ1v) is 8.17. The van der Waals surface area contributed by atoms with Gasteiger partial charge in [-0.25, -0.2) is 0 Å². The van der Waals surface area contributed by atoms with E-state index in [0.29, 0.717) is 23.8 Å². The highest BCUT2D eigenvalue weighted by molar-refractivity contribution is 5.77. The van der Waals surface area contributed by atoms with Crippen LogP contribution in [0.25, 0.3) is 0 Å². The number of carbonyl (C=O) groups is 1. The number of rotatable bonds is 5. The number of nitrogens with zero attached hydrogens (tertiary/aromatic N) is 1. The third-order valence-electron chi connectivity index (χ3n) is 4.51. The fourth-order valence-corrected chi connectivity index (χ4v) is 3.53. The van der Waals surface area contributed by atoms with E-state index < -0.39 is 0 Å². The van der Waals surface area contributed by atoms with Crippen LogP contribution >= 0.6 is 0 Å². The maximum Gasteiger partial charge on any atom is 0.223 e. The molecule has 1 N–H and O–H groups in total. The van der Waals surface area contributed by atoms with Crippen molar-refractivity contribution < 1.29 is 4.79 Å². The summed E-state index contributed by atoms with van der Waals surface area (Å²) in [6.45, 7) is 7.55. The van der Waals surface area contributed by atoms with E-state index in [2.05, 4.69) is 24.1 Å². The highest BCUT2D eigenvalue weighted by Gasteiger charge is 2.28. The molecule has 1 amide bonds. The normalized spacial score (nSPS) is 24.9. The number of piperidine rings is 1. The van der Waals surface area contributed by atoms with Gasteiger partial charge >= 0.3 is 0 Å². The van der Waals surface area contributed by atoms with E-state index in [1.54, 1.807) is 0 Å². The molecule has 0 aromatic carbocycles. The van der Waals surface area contributed by atoms with Gasteiger partial charge in [-0.3, -0.25) is 4.79 Å². The van der Waals surface area contributed by atoms with Gasteiger partial charge in [-0.15, -0.1) is 0 Å². The van der Waals surface area contributed by atoms with Crippen molar-refractivity contribution in [2.75, 3.05) is 19.6 Å². The second-order valence-electron chi connectivity index (χ2n) is 6.79. The molecular formula is C16H30N2O. The minimum Gasteiger partial charge on any atom is -0.339 e. The molecule has 1 heterocycles. The van der Waals surface area contributed by atoms with Crippen LogP contribution in [0.2, 0.25) is 0 Å². The second kappa shape index (κ2) is 7.28. The van der Waals surface area contributed by atoms with Crippen molar-refractivity contribution in [3.8, 4) is 0 Å². The number of carbonyl (C=O) groups excluding carboxylic acids is 1. The minimum atomic E-state index is 0.411. The maximum atomic E-state index is 12.6. The number of nitrogens with one attached hydrogen (secondary N) is 1. The Balaban J connectivity index is 1.89. The molecule has 2 fully saturated rings. The van der Waals surface area contributed by atoms with E-state index >= 15 is 0 Å². The van der Waals surface area contributed by atoms with Crippen molar-refractivity contribution in [1.29, 1.82) is 0 Å². The summed E-state index contributed by atoms with van der Waals surface area (Å²) in [7, 11) is 0. The van der Waals surface area contributed by atoms with Gasteiger partial charge in [-0.2, -0.15) is 0 Å². The molecule has 0 radical (unpaired) electrons. The van der Waals surface area contributed by atoms with Crippen molar-refractivity contribution in [3.05, 3.63) is 0 Å². The molecule has 0 bridgehead atoms. The number of amides is 1. The molecule has 3 heteroatoms. The summed E-state index contributed by atoms with van der Waals surface area (Å²) < 4.78 is 0. The van der Waals surface area contributed by atoms with Crippen LogP contribution in [-0.2, 0) is 4.79 Å². The van der Waals surface area contributed by atoms with Gasteiger partial charge in [0, 0.05) is 19.0 Å². The Kier molecular flexibility index (Phi) is 5.68. The second-order valence-corrected chi connectivity index (χ2v) is 6.79. The van der Waals surface area contributed by atoms with Crippen LogP contribution in [-0.4, -0.2) is 36.5 Å². The third-order valence-corrected chi connectivity index (χ3v) is 4.51. The summed E-state index contributed by atoms with van der Waals surface area (Å²) in [6, 6.07) is 0.534. The van der Waals surface area contributed by atoms with E-state index in [-0.39, 0.29) is 0 Å². The zero-order valence-corrected chi connectivity index (χ0v) is 12.7. The molecule has 19 heavy (non-hydrogen) atoms. The summed E-state index contributed by atoms with van der Waals surface area (Å²) in [5.74, 6) is 1.56. The van der Waals surface area contributed by atoms with Crippen LogP contribution in [0.4, 0.5) is 0 Å². The van der Waals surface area contributed by atoms with E-state index in [1.165, 1.54) is 38.5 Å². The summed E-state index contributed by atoms with van der Waals surface area (Å²) in [4.78, 5) is 14.8. The molecule has 1 saturated heterocycles. The Hall–Kier alpha value is -0.570. The van der Waals surface area contributed by atoms with Gasteiger partial charge in [0.2, 0.25) is 5.91 Å². The standard InChI is InChI=1S/C16H30N2O/c1-13(2)12-18(15-7-3-4-8-15)16(19)10-14-6-5-9-17-11-14/h13-15,17H,3-12H2,1-2H3. The Morgan fingerprint density at radius 3 is 2.53 bits per heavy atom. The highest BCUT2D eigenvalue weighted by atomic mass is 16.2. The maximum absolute atomic E-state index is 12.6. The van der Waals surface area contributed by atoms with E-state index in [4.69, 9.17) is 0 Å². The molecule has 2 rings (SSSR count). The van der Waals surface area contributed by atoms with Crippen LogP contribution < -0.4 is 5.32 Å². The molecule has 0 aromatic heterocycles. The predicted octanol–water partition coefficient (Wildman–Crippen LogP) is 2.80. The monoisotopic (exact) mass is 266 g/mol. The van der Waals surface area contributed by atoms with Crippen LogP contribution in [0, 0.1) is 11.8 Å². The molecule has 0 aromatic rings. The van der Waals surface area contributed by atoms with Gasteiger partial charge in [0.15, 0.2) is 0 Å². The zero-order valence-electron chi connectivity index (χ0n) is 12.7. The van der Waals surface area contributed by atoms with E-state index in [0.717, 1.165) is 26.1 Å². The van der Waals surface area contributed by atoms with Gasteiger partial charge < -0.3 is 10.2 Å². The summed E-state index contributed by atoms with van der Waals surface area (Å²) in [5.41, 5.74) is 0. The largest absolute Gasteiger partial charge is 0.339 e. The lowest BCUT2D eigenvalue weighted by Crippen LogP contribution is -2.43. The summed E-state index contributed by atoms with van der Waals surface area (Å²) >= 11 is 0. The lowest BCUT2D eigenvalue weighted by molar-refractivity contribution is -0.135.